The monoisotopic (exact) mass is 338 g/mol. The number of halogens is 1. The van der Waals surface area contributed by atoms with Crippen molar-refractivity contribution in [2.45, 2.75) is 12.8 Å². The number of amides is 2. The van der Waals surface area contributed by atoms with Crippen molar-refractivity contribution in [1.82, 2.24) is 4.90 Å². The van der Waals surface area contributed by atoms with Crippen LogP contribution >= 0.6 is 0 Å². The highest BCUT2D eigenvalue weighted by atomic mass is 19.1. The highest BCUT2D eigenvalue weighted by Crippen LogP contribution is 2.42. The van der Waals surface area contributed by atoms with E-state index in [2.05, 4.69) is 0 Å². The van der Waals surface area contributed by atoms with E-state index in [-0.39, 0.29) is 23.0 Å². The van der Waals surface area contributed by atoms with E-state index in [1.807, 2.05) is 35.2 Å². The van der Waals surface area contributed by atoms with Crippen LogP contribution in [0.1, 0.15) is 23.2 Å². The Hall–Kier alpha value is -2.69. The van der Waals surface area contributed by atoms with Gasteiger partial charge in [0.2, 0.25) is 5.91 Å². The third-order valence-electron chi connectivity index (χ3n) is 5.19. The summed E-state index contributed by atoms with van der Waals surface area (Å²) in [6, 6.07) is 15.3. The quantitative estimate of drug-likeness (QED) is 0.844. The van der Waals surface area contributed by atoms with E-state index < -0.39 is 0 Å². The first-order valence-electron chi connectivity index (χ1n) is 8.47. The van der Waals surface area contributed by atoms with Crippen molar-refractivity contribution in [3.63, 3.8) is 0 Å². The highest BCUT2D eigenvalue weighted by molar-refractivity contribution is 5.97. The van der Waals surface area contributed by atoms with Crippen molar-refractivity contribution in [3.8, 4) is 0 Å². The predicted molar refractivity (Wildman–Crippen MR) is 92.8 cm³/mol. The van der Waals surface area contributed by atoms with Crippen LogP contribution in [0.3, 0.4) is 0 Å². The summed E-state index contributed by atoms with van der Waals surface area (Å²) in [6.07, 6.45) is 1.20. The minimum absolute atomic E-state index is 0.000361. The number of rotatable bonds is 2. The maximum Gasteiger partial charge on any atom is 0.253 e. The third-order valence-corrected chi connectivity index (χ3v) is 5.19. The second-order valence-corrected chi connectivity index (χ2v) is 6.98. The average molecular weight is 338 g/mol. The number of hydrogen-bond donors (Lipinski definition) is 0. The van der Waals surface area contributed by atoms with E-state index in [1.54, 1.807) is 17.0 Å². The fourth-order valence-electron chi connectivity index (χ4n) is 3.92. The molecular weight excluding hydrogens is 319 g/mol. The summed E-state index contributed by atoms with van der Waals surface area (Å²) in [4.78, 5) is 28.6. The van der Waals surface area contributed by atoms with Crippen LogP contribution < -0.4 is 4.90 Å². The van der Waals surface area contributed by atoms with Gasteiger partial charge in [0.15, 0.2) is 0 Å². The molecule has 1 atom stereocenters. The van der Waals surface area contributed by atoms with Gasteiger partial charge in [-0.25, -0.2) is 4.39 Å². The van der Waals surface area contributed by atoms with Crippen molar-refractivity contribution < 1.29 is 14.0 Å². The second-order valence-electron chi connectivity index (χ2n) is 6.98. The van der Waals surface area contributed by atoms with Crippen molar-refractivity contribution in [3.05, 3.63) is 66.0 Å². The van der Waals surface area contributed by atoms with Gasteiger partial charge in [0.05, 0.1) is 0 Å². The van der Waals surface area contributed by atoms with Crippen molar-refractivity contribution >= 4 is 17.5 Å². The Bertz CT molecular complexity index is 823. The Morgan fingerprint density at radius 2 is 1.84 bits per heavy atom. The molecule has 0 aliphatic carbocycles. The topological polar surface area (TPSA) is 40.6 Å². The zero-order valence-electron chi connectivity index (χ0n) is 13.8. The second kappa shape index (κ2) is 5.99. The molecule has 0 unspecified atom stereocenters. The Morgan fingerprint density at radius 3 is 2.60 bits per heavy atom. The summed E-state index contributed by atoms with van der Waals surface area (Å²) in [7, 11) is 0. The van der Waals surface area contributed by atoms with Gasteiger partial charge in [-0.05, 0) is 36.8 Å². The Kier molecular flexibility index (Phi) is 3.79. The van der Waals surface area contributed by atoms with E-state index in [4.69, 9.17) is 0 Å². The lowest BCUT2D eigenvalue weighted by Crippen LogP contribution is -2.34. The molecule has 0 aromatic heterocycles. The van der Waals surface area contributed by atoms with Crippen molar-refractivity contribution in [2.75, 3.05) is 24.5 Å². The molecule has 2 heterocycles. The minimum atomic E-state index is -0.349. The fourth-order valence-corrected chi connectivity index (χ4v) is 3.92. The Labute approximate surface area is 145 Å². The molecule has 128 valence electrons. The normalized spacial score (nSPS) is 22.8. The molecule has 25 heavy (non-hydrogen) atoms. The third kappa shape index (κ3) is 2.90. The zero-order valence-corrected chi connectivity index (χ0v) is 13.8. The first-order valence-corrected chi connectivity index (χ1v) is 8.47. The van der Waals surface area contributed by atoms with Crippen molar-refractivity contribution in [2.24, 2.45) is 5.41 Å². The molecular formula is C20H19FN2O2. The molecule has 5 heteroatoms. The molecule has 2 fully saturated rings. The molecule has 2 aromatic rings. The lowest BCUT2D eigenvalue weighted by molar-refractivity contribution is -0.117. The Morgan fingerprint density at radius 1 is 1.04 bits per heavy atom. The molecule has 4 nitrogen and oxygen atoms in total. The summed E-state index contributed by atoms with van der Waals surface area (Å²) >= 11 is 0. The number of benzene rings is 2. The summed E-state index contributed by atoms with van der Waals surface area (Å²) in [5.74, 6) is -0.340. The van der Waals surface area contributed by atoms with Crippen LogP contribution in [0.2, 0.25) is 0 Å². The van der Waals surface area contributed by atoms with Crippen LogP contribution in [0.5, 0.6) is 0 Å². The summed E-state index contributed by atoms with van der Waals surface area (Å²) in [6.45, 7) is 1.75. The smallest absolute Gasteiger partial charge is 0.253 e. The van der Waals surface area contributed by atoms with Gasteiger partial charge in [-0.15, -0.1) is 0 Å². The fraction of sp³-hybridized carbons (Fsp3) is 0.300. The molecule has 2 aliphatic rings. The predicted octanol–water partition coefficient (Wildman–Crippen LogP) is 3.09. The standard InChI is InChI=1S/C20H19FN2O2/c21-16-7-4-8-17(11-16)23-14-20(12-18(23)24)9-10-22(13-20)19(25)15-5-2-1-3-6-15/h1-8,11H,9-10,12-14H2/t20-/m1/s1. The molecule has 4 rings (SSSR count). The molecule has 0 saturated carbocycles. The highest BCUT2D eigenvalue weighted by Gasteiger charge is 2.48. The first-order chi connectivity index (χ1) is 12.1. The lowest BCUT2D eigenvalue weighted by atomic mass is 9.86. The molecule has 2 saturated heterocycles. The van der Waals surface area contributed by atoms with E-state index in [0.29, 0.717) is 37.3 Å². The summed E-state index contributed by atoms with van der Waals surface area (Å²) < 4.78 is 13.5. The van der Waals surface area contributed by atoms with Crippen LogP contribution in [0.25, 0.3) is 0 Å². The molecule has 0 radical (unpaired) electrons. The molecule has 2 aliphatic heterocycles. The molecule has 0 N–H and O–H groups in total. The van der Waals surface area contributed by atoms with Crippen LogP contribution in [0.4, 0.5) is 10.1 Å². The maximum absolute atomic E-state index is 13.5. The van der Waals surface area contributed by atoms with Gasteiger partial charge in [-0.3, -0.25) is 9.59 Å². The van der Waals surface area contributed by atoms with Gasteiger partial charge in [-0.2, -0.15) is 0 Å². The number of carbonyl (C=O) groups is 2. The SMILES string of the molecule is O=C(c1ccccc1)N1CC[C@@]2(CC(=O)N(c3cccc(F)c3)C2)C1. The van der Waals surface area contributed by atoms with Gasteiger partial charge in [0, 0.05) is 42.7 Å². The largest absolute Gasteiger partial charge is 0.338 e. The summed E-state index contributed by atoms with van der Waals surface area (Å²) in [5.41, 5.74) is 1.04. The van der Waals surface area contributed by atoms with Crippen LogP contribution in [0.15, 0.2) is 54.6 Å². The molecule has 1 spiro atoms. The van der Waals surface area contributed by atoms with Gasteiger partial charge in [0.25, 0.3) is 5.91 Å². The van der Waals surface area contributed by atoms with Crippen LogP contribution in [-0.4, -0.2) is 36.3 Å². The number of nitrogens with zero attached hydrogens (tertiary/aromatic N) is 2. The summed E-state index contributed by atoms with van der Waals surface area (Å²) in [5, 5.41) is 0. The lowest BCUT2D eigenvalue weighted by Gasteiger charge is -2.24. The van der Waals surface area contributed by atoms with E-state index in [0.717, 1.165) is 6.42 Å². The number of likely N-dealkylation sites (tertiary alicyclic amines) is 1. The van der Waals surface area contributed by atoms with Crippen LogP contribution in [0, 0.1) is 11.2 Å². The molecule has 0 bridgehead atoms. The van der Waals surface area contributed by atoms with Gasteiger partial charge < -0.3 is 9.80 Å². The molecule has 2 aromatic carbocycles. The van der Waals surface area contributed by atoms with E-state index in [1.165, 1.54) is 12.1 Å². The molecule has 2 amide bonds. The van der Waals surface area contributed by atoms with Gasteiger partial charge in [-0.1, -0.05) is 24.3 Å². The Balaban J connectivity index is 1.51. The minimum Gasteiger partial charge on any atom is -0.338 e. The maximum atomic E-state index is 13.5. The van der Waals surface area contributed by atoms with Crippen molar-refractivity contribution in [1.29, 1.82) is 0 Å². The van der Waals surface area contributed by atoms with E-state index in [9.17, 15) is 14.0 Å². The van der Waals surface area contributed by atoms with Gasteiger partial charge in [0.1, 0.15) is 5.82 Å². The number of hydrogen-bond acceptors (Lipinski definition) is 2. The number of carbonyl (C=O) groups excluding carboxylic acids is 2. The first kappa shape index (κ1) is 15.8. The average Bonchev–Trinajstić information content (AvgIpc) is 3.18. The van der Waals surface area contributed by atoms with Gasteiger partial charge >= 0.3 is 0 Å². The van der Waals surface area contributed by atoms with E-state index >= 15 is 0 Å². The zero-order chi connectivity index (χ0) is 17.4. The van der Waals surface area contributed by atoms with Crippen LogP contribution in [-0.2, 0) is 4.79 Å². The number of anilines is 1.